The topological polar surface area (TPSA) is 66.5 Å². The van der Waals surface area contributed by atoms with Crippen molar-refractivity contribution in [3.05, 3.63) is 93.5 Å². The Bertz CT molecular complexity index is 1140. The van der Waals surface area contributed by atoms with Gasteiger partial charge in [-0.25, -0.2) is 8.42 Å². The van der Waals surface area contributed by atoms with Gasteiger partial charge in [0.05, 0.1) is 18.5 Å². The molecule has 0 aliphatic heterocycles. The lowest BCUT2D eigenvalue weighted by atomic mass is 10.1. The molecule has 3 aromatic carbocycles. The van der Waals surface area contributed by atoms with E-state index < -0.39 is 10.0 Å². The number of carbonyl (C=O) groups is 1. The molecule has 0 bridgehead atoms. The number of aryl methyl sites for hydroxylation is 2. The van der Waals surface area contributed by atoms with Gasteiger partial charge in [0.2, 0.25) is 10.0 Å². The zero-order valence-corrected chi connectivity index (χ0v) is 19.4. The van der Waals surface area contributed by atoms with Gasteiger partial charge in [-0.2, -0.15) is 0 Å². The lowest BCUT2D eigenvalue weighted by Crippen LogP contribution is -2.30. The maximum atomic E-state index is 12.5. The maximum absolute atomic E-state index is 12.5. The van der Waals surface area contributed by atoms with Gasteiger partial charge in [-0.3, -0.25) is 9.10 Å². The van der Waals surface area contributed by atoms with E-state index in [1.807, 2.05) is 56.3 Å². The van der Waals surface area contributed by atoms with Crippen molar-refractivity contribution in [2.24, 2.45) is 0 Å². The van der Waals surface area contributed by atoms with Gasteiger partial charge in [-0.05, 0) is 66.9 Å². The van der Waals surface area contributed by atoms with E-state index in [9.17, 15) is 13.2 Å². The fraction of sp³-hybridized carbons (Fsp3) is 0.174. The number of nitrogens with zero attached hydrogens (tertiary/aromatic N) is 1. The van der Waals surface area contributed by atoms with E-state index in [1.165, 1.54) is 10.6 Å². The molecule has 3 rings (SSSR count). The average Bonchev–Trinajstić information content (AvgIpc) is 2.68. The molecule has 5 nitrogen and oxygen atoms in total. The number of carbonyl (C=O) groups excluding carboxylic acids is 1. The van der Waals surface area contributed by atoms with Crippen molar-refractivity contribution in [2.75, 3.05) is 15.9 Å². The summed E-state index contributed by atoms with van der Waals surface area (Å²) in [5.74, 6) is -0.224. The first-order valence-corrected chi connectivity index (χ1v) is 12.0. The molecule has 1 N–H and O–H groups in total. The first-order chi connectivity index (χ1) is 14.1. The highest BCUT2D eigenvalue weighted by molar-refractivity contribution is 9.10. The third kappa shape index (κ3) is 5.29. The lowest BCUT2D eigenvalue weighted by molar-refractivity contribution is 0.102. The van der Waals surface area contributed by atoms with E-state index in [2.05, 4.69) is 21.2 Å². The summed E-state index contributed by atoms with van der Waals surface area (Å²) in [5, 5.41) is 2.84. The van der Waals surface area contributed by atoms with Gasteiger partial charge in [0.15, 0.2) is 0 Å². The monoisotopic (exact) mass is 486 g/mol. The predicted octanol–water partition coefficient (Wildman–Crippen LogP) is 5.28. The summed E-state index contributed by atoms with van der Waals surface area (Å²) < 4.78 is 27.3. The molecular formula is C23H23BrN2O3S. The van der Waals surface area contributed by atoms with E-state index in [4.69, 9.17) is 0 Å². The Balaban J connectivity index is 1.80. The van der Waals surface area contributed by atoms with Crippen molar-refractivity contribution in [3.8, 4) is 0 Å². The summed E-state index contributed by atoms with van der Waals surface area (Å²) in [4.78, 5) is 12.5. The van der Waals surface area contributed by atoms with Crippen LogP contribution >= 0.6 is 15.9 Å². The Labute approximate surface area is 185 Å². The molecule has 0 fully saturated rings. The van der Waals surface area contributed by atoms with Crippen molar-refractivity contribution in [2.45, 2.75) is 20.4 Å². The molecule has 1 amide bonds. The molecule has 0 saturated carbocycles. The van der Waals surface area contributed by atoms with Crippen molar-refractivity contribution < 1.29 is 13.2 Å². The van der Waals surface area contributed by atoms with Crippen molar-refractivity contribution >= 4 is 43.2 Å². The summed E-state index contributed by atoms with van der Waals surface area (Å²) in [6.07, 6.45) is 1.21. The normalized spacial score (nSPS) is 11.2. The SMILES string of the molecule is Cc1cccc(C)c1N(Cc1ccc(C(=O)Nc2ccc(Br)cc2)cc1)S(C)(=O)=O. The van der Waals surface area contributed by atoms with Crippen LogP contribution in [0.15, 0.2) is 71.2 Å². The number of nitrogens with one attached hydrogen (secondary N) is 1. The molecule has 156 valence electrons. The van der Waals surface area contributed by atoms with E-state index in [-0.39, 0.29) is 12.5 Å². The van der Waals surface area contributed by atoms with E-state index in [0.717, 1.165) is 21.2 Å². The first kappa shape index (κ1) is 22.1. The van der Waals surface area contributed by atoms with Crippen LogP contribution in [0.5, 0.6) is 0 Å². The summed E-state index contributed by atoms with van der Waals surface area (Å²) in [6, 6.07) is 20.0. The standard InChI is InChI=1S/C23H23BrN2O3S/c1-16-5-4-6-17(2)22(16)26(30(3,28)29)15-18-7-9-19(10-8-18)23(27)25-21-13-11-20(24)12-14-21/h4-14H,15H2,1-3H3,(H,25,27). The van der Waals surface area contributed by atoms with Crippen LogP contribution in [0.4, 0.5) is 11.4 Å². The van der Waals surface area contributed by atoms with Crippen LogP contribution < -0.4 is 9.62 Å². The molecule has 7 heteroatoms. The molecule has 0 aliphatic rings. The third-order valence-corrected chi connectivity index (χ3v) is 6.37. The van der Waals surface area contributed by atoms with Crippen LogP contribution in [-0.4, -0.2) is 20.6 Å². The summed E-state index contributed by atoms with van der Waals surface area (Å²) in [6.45, 7) is 3.99. The molecule has 0 aliphatic carbocycles. The molecule has 0 spiro atoms. The van der Waals surface area contributed by atoms with Gasteiger partial charge < -0.3 is 5.32 Å². The molecule has 0 saturated heterocycles. The molecule has 0 unspecified atom stereocenters. The Morgan fingerprint density at radius 3 is 2.03 bits per heavy atom. The van der Waals surface area contributed by atoms with Gasteiger partial charge in [0.1, 0.15) is 0 Å². The summed E-state index contributed by atoms with van der Waals surface area (Å²) in [7, 11) is -3.48. The fourth-order valence-corrected chi connectivity index (χ4v) is 4.49. The van der Waals surface area contributed by atoms with Crippen LogP contribution in [0.25, 0.3) is 0 Å². The zero-order chi connectivity index (χ0) is 21.9. The minimum absolute atomic E-state index is 0.194. The van der Waals surface area contributed by atoms with Crippen LogP contribution in [0.1, 0.15) is 27.0 Å². The van der Waals surface area contributed by atoms with Gasteiger partial charge >= 0.3 is 0 Å². The van der Waals surface area contributed by atoms with E-state index in [0.29, 0.717) is 16.9 Å². The largest absolute Gasteiger partial charge is 0.322 e. The summed E-state index contributed by atoms with van der Waals surface area (Å²) >= 11 is 3.36. The fourth-order valence-electron chi connectivity index (χ4n) is 3.23. The summed E-state index contributed by atoms with van der Waals surface area (Å²) in [5.41, 5.74) is 4.47. The maximum Gasteiger partial charge on any atom is 0.255 e. The number of halogens is 1. The van der Waals surface area contributed by atoms with Crippen LogP contribution in [0, 0.1) is 13.8 Å². The smallest absolute Gasteiger partial charge is 0.255 e. The van der Waals surface area contributed by atoms with Crippen LogP contribution in [0.2, 0.25) is 0 Å². The average molecular weight is 487 g/mol. The highest BCUT2D eigenvalue weighted by Crippen LogP contribution is 2.28. The molecular weight excluding hydrogens is 464 g/mol. The Morgan fingerprint density at radius 2 is 1.50 bits per heavy atom. The van der Waals surface area contributed by atoms with E-state index in [1.54, 1.807) is 24.3 Å². The minimum atomic E-state index is -3.48. The number of amides is 1. The van der Waals surface area contributed by atoms with Gasteiger partial charge in [-0.15, -0.1) is 0 Å². The molecule has 3 aromatic rings. The number of sulfonamides is 1. The van der Waals surface area contributed by atoms with Crippen molar-refractivity contribution in [3.63, 3.8) is 0 Å². The number of para-hydroxylation sites is 1. The van der Waals surface area contributed by atoms with Crippen molar-refractivity contribution in [1.82, 2.24) is 0 Å². The number of rotatable bonds is 6. The van der Waals surface area contributed by atoms with Crippen LogP contribution in [0.3, 0.4) is 0 Å². The van der Waals surface area contributed by atoms with Gasteiger partial charge in [-0.1, -0.05) is 46.3 Å². The second-order valence-electron chi connectivity index (χ2n) is 7.17. The first-order valence-electron chi connectivity index (χ1n) is 9.35. The molecule has 0 aromatic heterocycles. The second-order valence-corrected chi connectivity index (χ2v) is 9.99. The van der Waals surface area contributed by atoms with Gasteiger partial charge in [0.25, 0.3) is 5.91 Å². The molecule has 0 atom stereocenters. The highest BCUT2D eigenvalue weighted by Gasteiger charge is 2.21. The second kappa shape index (κ2) is 9.02. The number of hydrogen-bond donors (Lipinski definition) is 1. The zero-order valence-electron chi connectivity index (χ0n) is 17.0. The number of hydrogen-bond acceptors (Lipinski definition) is 3. The van der Waals surface area contributed by atoms with Crippen molar-refractivity contribution in [1.29, 1.82) is 0 Å². The highest BCUT2D eigenvalue weighted by atomic mass is 79.9. The number of anilines is 2. The number of benzene rings is 3. The Morgan fingerprint density at radius 1 is 0.933 bits per heavy atom. The Kier molecular flexibility index (Phi) is 6.63. The van der Waals surface area contributed by atoms with Crippen LogP contribution in [-0.2, 0) is 16.6 Å². The quantitative estimate of drug-likeness (QED) is 0.514. The predicted molar refractivity (Wildman–Crippen MR) is 125 cm³/mol. The lowest BCUT2D eigenvalue weighted by Gasteiger charge is -2.26. The third-order valence-electron chi connectivity index (χ3n) is 4.73. The van der Waals surface area contributed by atoms with E-state index >= 15 is 0 Å². The molecule has 0 radical (unpaired) electrons. The Hall–Kier alpha value is -2.64. The minimum Gasteiger partial charge on any atom is -0.322 e. The molecule has 0 heterocycles. The molecule has 30 heavy (non-hydrogen) atoms. The van der Waals surface area contributed by atoms with Gasteiger partial charge in [0, 0.05) is 15.7 Å².